The summed E-state index contributed by atoms with van der Waals surface area (Å²) < 4.78 is 5.90. The van der Waals surface area contributed by atoms with Crippen LogP contribution in [0.1, 0.15) is 38.7 Å². The third kappa shape index (κ3) is 6.22. The number of hydrogen-bond acceptors (Lipinski definition) is 2. The highest BCUT2D eigenvalue weighted by Gasteiger charge is 2.22. The van der Waals surface area contributed by atoms with Crippen LogP contribution < -0.4 is 5.32 Å². The minimum atomic E-state index is 0.643. The number of rotatable bonds is 9. The fourth-order valence-corrected chi connectivity index (χ4v) is 2.42. The Hall–Kier alpha value is -0.860. The SMILES string of the molecule is CC(C)CC(CNC1CC1)COCc1ccccc1. The van der Waals surface area contributed by atoms with E-state index in [4.69, 9.17) is 4.74 Å². The van der Waals surface area contributed by atoms with E-state index in [1.54, 1.807) is 0 Å². The van der Waals surface area contributed by atoms with Crippen LogP contribution >= 0.6 is 0 Å². The summed E-state index contributed by atoms with van der Waals surface area (Å²) in [4.78, 5) is 0. The fraction of sp³-hybridized carbons (Fsp3) is 0.647. The van der Waals surface area contributed by atoms with Gasteiger partial charge in [-0.3, -0.25) is 0 Å². The highest BCUT2D eigenvalue weighted by Crippen LogP contribution is 2.20. The summed E-state index contributed by atoms with van der Waals surface area (Å²) in [6.07, 6.45) is 3.97. The Balaban J connectivity index is 1.68. The summed E-state index contributed by atoms with van der Waals surface area (Å²) in [7, 11) is 0. The molecular weight excluding hydrogens is 234 g/mol. The Morgan fingerprint density at radius 1 is 1.21 bits per heavy atom. The van der Waals surface area contributed by atoms with Crippen molar-refractivity contribution in [3.05, 3.63) is 35.9 Å². The van der Waals surface area contributed by atoms with E-state index in [1.165, 1.54) is 24.8 Å². The maximum Gasteiger partial charge on any atom is 0.0717 e. The molecule has 2 nitrogen and oxygen atoms in total. The second-order valence-corrected chi connectivity index (χ2v) is 6.18. The van der Waals surface area contributed by atoms with E-state index in [-0.39, 0.29) is 0 Å². The van der Waals surface area contributed by atoms with Gasteiger partial charge in [0.1, 0.15) is 0 Å². The van der Waals surface area contributed by atoms with Crippen LogP contribution in [-0.2, 0) is 11.3 Å². The molecule has 2 heteroatoms. The first kappa shape index (κ1) is 14.5. The predicted molar refractivity (Wildman–Crippen MR) is 80.1 cm³/mol. The lowest BCUT2D eigenvalue weighted by Crippen LogP contribution is -2.28. The van der Waals surface area contributed by atoms with Crippen molar-refractivity contribution in [3.63, 3.8) is 0 Å². The highest BCUT2D eigenvalue weighted by molar-refractivity contribution is 5.13. The smallest absolute Gasteiger partial charge is 0.0717 e. The van der Waals surface area contributed by atoms with E-state index >= 15 is 0 Å². The first-order valence-corrected chi connectivity index (χ1v) is 7.59. The van der Waals surface area contributed by atoms with Crippen molar-refractivity contribution in [2.45, 2.75) is 45.8 Å². The molecule has 0 bridgehead atoms. The third-order valence-corrected chi connectivity index (χ3v) is 3.54. The topological polar surface area (TPSA) is 21.3 Å². The predicted octanol–water partition coefficient (Wildman–Crippen LogP) is 3.62. The van der Waals surface area contributed by atoms with Crippen LogP contribution in [-0.4, -0.2) is 19.2 Å². The molecule has 1 fully saturated rings. The van der Waals surface area contributed by atoms with Crippen molar-refractivity contribution in [1.82, 2.24) is 5.32 Å². The molecular formula is C17H27NO. The minimum Gasteiger partial charge on any atom is -0.376 e. The average Bonchev–Trinajstić information content (AvgIpc) is 3.20. The summed E-state index contributed by atoms with van der Waals surface area (Å²) in [5, 5.41) is 3.63. The Morgan fingerprint density at radius 3 is 2.58 bits per heavy atom. The Labute approximate surface area is 117 Å². The zero-order valence-corrected chi connectivity index (χ0v) is 12.3. The second kappa shape index (κ2) is 7.66. The second-order valence-electron chi connectivity index (χ2n) is 6.18. The van der Waals surface area contributed by atoms with Crippen LogP contribution in [0.4, 0.5) is 0 Å². The monoisotopic (exact) mass is 261 g/mol. The van der Waals surface area contributed by atoms with Crippen LogP contribution in [0.5, 0.6) is 0 Å². The maximum atomic E-state index is 5.90. The average molecular weight is 261 g/mol. The minimum absolute atomic E-state index is 0.643. The first-order chi connectivity index (χ1) is 9.24. The quantitative estimate of drug-likeness (QED) is 0.733. The van der Waals surface area contributed by atoms with E-state index in [0.717, 1.165) is 31.7 Å². The van der Waals surface area contributed by atoms with E-state index in [9.17, 15) is 0 Å². The summed E-state index contributed by atoms with van der Waals surface area (Å²) in [6, 6.07) is 11.2. The number of nitrogens with one attached hydrogen (secondary N) is 1. The molecule has 0 spiro atoms. The van der Waals surface area contributed by atoms with Crippen LogP contribution in [0.15, 0.2) is 30.3 Å². The van der Waals surface area contributed by atoms with Gasteiger partial charge in [-0.1, -0.05) is 44.2 Å². The Bertz CT molecular complexity index is 346. The van der Waals surface area contributed by atoms with Crippen molar-refractivity contribution in [1.29, 1.82) is 0 Å². The summed E-state index contributed by atoms with van der Waals surface area (Å²) >= 11 is 0. The van der Waals surface area contributed by atoms with E-state index in [0.29, 0.717) is 5.92 Å². The molecule has 1 saturated carbocycles. The van der Waals surface area contributed by atoms with Crippen molar-refractivity contribution in [3.8, 4) is 0 Å². The molecule has 1 atom stereocenters. The van der Waals surface area contributed by atoms with Gasteiger partial charge in [-0.25, -0.2) is 0 Å². The molecule has 1 N–H and O–H groups in total. The van der Waals surface area contributed by atoms with Gasteiger partial charge in [0, 0.05) is 12.6 Å². The van der Waals surface area contributed by atoms with E-state index < -0.39 is 0 Å². The van der Waals surface area contributed by atoms with Crippen molar-refractivity contribution in [2.24, 2.45) is 11.8 Å². The number of hydrogen-bond donors (Lipinski definition) is 1. The molecule has 1 aromatic carbocycles. The molecule has 1 unspecified atom stereocenters. The van der Waals surface area contributed by atoms with Gasteiger partial charge in [0.05, 0.1) is 13.2 Å². The lowest BCUT2D eigenvalue weighted by atomic mass is 9.98. The maximum absolute atomic E-state index is 5.90. The number of benzene rings is 1. The van der Waals surface area contributed by atoms with Gasteiger partial charge in [-0.05, 0) is 36.7 Å². The van der Waals surface area contributed by atoms with Crippen molar-refractivity contribution >= 4 is 0 Å². The Kier molecular flexibility index (Phi) is 5.87. The van der Waals surface area contributed by atoms with Gasteiger partial charge in [0.2, 0.25) is 0 Å². The van der Waals surface area contributed by atoms with Crippen molar-refractivity contribution in [2.75, 3.05) is 13.2 Å². The normalized spacial score (nSPS) is 16.8. The summed E-state index contributed by atoms with van der Waals surface area (Å²) in [5.41, 5.74) is 1.26. The van der Waals surface area contributed by atoms with Gasteiger partial charge < -0.3 is 10.1 Å². The standard InChI is InChI=1S/C17H27NO/c1-14(2)10-16(11-18-17-8-9-17)13-19-12-15-6-4-3-5-7-15/h3-7,14,16-18H,8-13H2,1-2H3. The lowest BCUT2D eigenvalue weighted by Gasteiger charge is -2.19. The molecule has 0 heterocycles. The van der Waals surface area contributed by atoms with E-state index in [1.807, 2.05) is 6.07 Å². The molecule has 1 aliphatic carbocycles. The number of ether oxygens (including phenoxy) is 1. The van der Waals surface area contributed by atoms with Crippen molar-refractivity contribution < 1.29 is 4.74 Å². The van der Waals surface area contributed by atoms with Crippen LogP contribution in [0.2, 0.25) is 0 Å². The van der Waals surface area contributed by atoms with Crippen LogP contribution in [0.25, 0.3) is 0 Å². The third-order valence-electron chi connectivity index (χ3n) is 3.54. The molecule has 1 aliphatic rings. The van der Waals surface area contributed by atoms with Crippen LogP contribution in [0.3, 0.4) is 0 Å². The zero-order valence-electron chi connectivity index (χ0n) is 12.3. The molecule has 19 heavy (non-hydrogen) atoms. The van der Waals surface area contributed by atoms with Gasteiger partial charge in [-0.15, -0.1) is 0 Å². The molecule has 1 aromatic rings. The molecule has 2 rings (SSSR count). The largest absolute Gasteiger partial charge is 0.376 e. The first-order valence-electron chi connectivity index (χ1n) is 7.59. The van der Waals surface area contributed by atoms with Gasteiger partial charge in [-0.2, -0.15) is 0 Å². The lowest BCUT2D eigenvalue weighted by molar-refractivity contribution is 0.0793. The molecule has 0 saturated heterocycles. The molecule has 0 aliphatic heterocycles. The van der Waals surface area contributed by atoms with Gasteiger partial charge >= 0.3 is 0 Å². The van der Waals surface area contributed by atoms with Gasteiger partial charge in [0.25, 0.3) is 0 Å². The molecule has 0 radical (unpaired) electrons. The summed E-state index contributed by atoms with van der Waals surface area (Å²) in [6.45, 7) is 7.30. The van der Waals surface area contributed by atoms with Crippen LogP contribution in [0, 0.1) is 11.8 Å². The highest BCUT2D eigenvalue weighted by atomic mass is 16.5. The van der Waals surface area contributed by atoms with E-state index in [2.05, 4.69) is 43.4 Å². The zero-order chi connectivity index (χ0) is 13.5. The fourth-order valence-electron chi connectivity index (χ4n) is 2.42. The molecule has 0 aromatic heterocycles. The molecule has 0 amide bonds. The van der Waals surface area contributed by atoms with Gasteiger partial charge in [0.15, 0.2) is 0 Å². The summed E-state index contributed by atoms with van der Waals surface area (Å²) in [5.74, 6) is 1.38. The molecule has 106 valence electrons. The Morgan fingerprint density at radius 2 is 1.95 bits per heavy atom.